The molecule has 2 aliphatic carbocycles. The molecule has 0 aromatic heterocycles. The van der Waals surface area contributed by atoms with Crippen LogP contribution in [0.1, 0.15) is 51.4 Å². The van der Waals surface area contributed by atoms with Crippen LogP contribution in [0.3, 0.4) is 0 Å². The molecule has 1 N–H and O–H groups in total. The van der Waals surface area contributed by atoms with Gasteiger partial charge in [0.25, 0.3) is 0 Å². The molecule has 0 radical (unpaired) electrons. The number of carbonyl (C=O) groups is 1. The van der Waals surface area contributed by atoms with Crippen LogP contribution in [0.5, 0.6) is 0 Å². The van der Waals surface area contributed by atoms with E-state index in [1.807, 2.05) is 4.90 Å². The van der Waals surface area contributed by atoms with Crippen molar-refractivity contribution in [3.8, 4) is 0 Å². The lowest BCUT2D eigenvalue weighted by Gasteiger charge is -2.44. The van der Waals surface area contributed by atoms with Crippen molar-refractivity contribution in [1.82, 2.24) is 10.2 Å². The predicted molar refractivity (Wildman–Crippen MR) is 94.9 cm³/mol. The van der Waals surface area contributed by atoms with Crippen LogP contribution in [-0.4, -0.2) is 47.7 Å². The Balaban J connectivity index is 1.40. The van der Waals surface area contributed by atoms with E-state index >= 15 is 0 Å². The first kappa shape index (κ1) is 18.6. The molecule has 2 heterocycles. The number of ether oxygens (including phenoxy) is 1. The van der Waals surface area contributed by atoms with E-state index in [0.717, 1.165) is 45.1 Å². The molecule has 2 saturated heterocycles. The molecule has 146 valence electrons. The van der Waals surface area contributed by atoms with Gasteiger partial charge in [-0.2, -0.15) is 8.78 Å². The number of alkyl halides is 3. The average Bonchev–Trinajstić information content (AvgIpc) is 2.99. The molecule has 4 atom stereocenters. The van der Waals surface area contributed by atoms with Crippen LogP contribution in [0.4, 0.5) is 8.78 Å². The highest BCUT2D eigenvalue weighted by molar-refractivity contribution is 6.20. The summed E-state index contributed by atoms with van der Waals surface area (Å²) in [5.41, 5.74) is 1.28. The van der Waals surface area contributed by atoms with Crippen molar-refractivity contribution in [1.29, 1.82) is 0 Å². The Labute approximate surface area is 158 Å². The van der Waals surface area contributed by atoms with Gasteiger partial charge in [-0.1, -0.05) is 6.08 Å². The van der Waals surface area contributed by atoms with Crippen LogP contribution < -0.4 is 5.32 Å². The molecule has 0 bridgehead atoms. The number of rotatable bonds is 3. The van der Waals surface area contributed by atoms with Crippen molar-refractivity contribution >= 4 is 17.5 Å². The monoisotopic (exact) mass is 388 g/mol. The largest absolute Gasteiger partial charge is 0.345 e. The van der Waals surface area contributed by atoms with Crippen molar-refractivity contribution in [3.05, 3.63) is 11.6 Å². The molecule has 4 rings (SSSR count). The summed E-state index contributed by atoms with van der Waals surface area (Å²) in [7, 11) is 0. The molecule has 0 aromatic carbocycles. The molecule has 4 aliphatic rings. The second-order valence-corrected chi connectivity index (χ2v) is 8.77. The zero-order valence-electron chi connectivity index (χ0n) is 14.9. The maximum absolute atomic E-state index is 12.9. The van der Waals surface area contributed by atoms with Crippen molar-refractivity contribution in [3.63, 3.8) is 0 Å². The van der Waals surface area contributed by atoms with E-state index in [9.17, 15) is 13.6 Å². The molecular weight excluding hydrogens is 362 g/mol. The summed E-state index contributed by atoms with van der Waals surface area (Å²) in [6, 6.07) is 0.177. The Bertz CT molecular complexity index is 566. The fraction of sp³-hybridized carbons (Fsp3) is 0.842. The molecule has 4 unspecified atom stereocenters. The van der Waals surface area contributed by atoms with E-state index in [-0.39, 0.29) is 35.5 Å². The second-order valence-electron chi connectivity index (χ2n) is 8.15. The van der Waals surface area contributed by atoms with Gasteiger partial charge in [0.1, 0.15) is 6.17 Å². The topological polar surface area (TPSA) is 41.6 Å². The minimum absolute atomic E-state index is 0.000698. The van der Waals surface area contributed by atoms with Gasteiger partial charge >= 0.3 is 6.61 Å². The maximum atomic E-state index is 12.9. The summed E-state index contributed by atoms with van der Waals surface area (Å²) >= 11 is 6.32. The van der Waals surface area contributed by atoms with Gasteiger partial charge in [0.05, 0.1) is 12.0 Å². The predicted octanol–water partition coefficient (Wildman–Crippen LogP) is 3.65. The van der Waals surface area contributed by atoms with Gasteiger partial charge in [-0.05, 0) is 62.9 Å². The van der Waals surface area contributed by atoms with Crippen molar-refractivity contribution in [2.75, 3.05) is 6.54 Å². The molecule has 4 fully saturated rings. The van der Waals surface area contributed by atoms with Crippen LogP contribution in [0, 0.1) is 11.8 Å². The van der Waals surface area contributed by atoms with Crippen molar-refractivity contribution in [2.45, 2.75) is 81.7 Å². The normalized spacial score (nSPS) is 42.2. The van der Waals surface area contributed by atoms with Gasteiger partial charge in [-0.25, -0.2) is 0 Å². The molecule has 2 saturated carbocycles. The molecule has 2 aliphatic heterocycles. The summed E-state index contributed by atoms with van der Waals surface area (Å²) in [5, 5.41) is 3.84. The molecule has 26 heavy (non-hydrogen) atoms. The van der Waals surface area contributed by atoms with E-state index in [1.165, 1.54) is 5.57 Å². The van der Waals surface area contributed by atoms with Gasteiger partial charge in [-0.3, -0.25) is 10.1 Å². The number of halogens is 3. The summed E-state index contributed by atoms with van der Waals surface area (Å²) in [4.78, 5) is 14.9. The number of nitrogens with zero attached hydrogens (tertiary/aromatic N) is 1. The van der Waals surface area contributed by atoms with Crippen LogP contribution in [-0.2, 0) is 9.53 Å². The van der Waals surface area contributed by atoms with E-state index in [4.69, 9.17) is 11.6 Å². The Morgan fingerprint density at radius 1 is 1.19 bits per heavy atom. The number of nitrogens with one attached hydrogen (secondary N) is 1. The first-order valence-corrected chi connectivity index (χ1v) is 10.3. The lowest BCUT2D eigenvalue weighted by atomic mass is 9.81. The Hall–Kier alpha value is -0.720. The third kappa shape index (κ3) is 3.78. The van der Waals surface area contributed by atoms with Gasteiger partial charge < -0.3 is 9.64 Å². The Morgan fingerprint density at radius 3 is 2.69 bits per heavy atom. The van der Waals surface area contributed by atoms with E-state index < -0.39 is 6.61 Å². The van der Waals surface area contributed by atoms with Crippen LogP contribution in [0.2, 0.25) is 0 Å². The molecule has 7 heteroatoms. The van der Waals surface area contributed by atoms with Crippen molar-refractivity contribution in [2.24, 2.45) is 11.8 Å². The lowest BCUT2D eigenvalue weighted by Crippen LogP contribution is -2.62. The number of amides is 1. The molecule has 0 aromatic rings. The number of carbonyl (C=O) groups excluding carboxylic acids is 1. The zero-order valence-corrected chi connectivity index (χ0v) is 15.6. The SMILES string of the molecule is O=C1C2CCC(Cl)CC2NC2/C(=C/C3CCC(OC(F)F)CC3)CCN12. The average molecular weight is 389 g/mol. The number of allylic oxidation sites excluding steroid dienone is 1. The fourth-order valence-electron chi connectivity index (χ4n) is 5.18. The third-order valence-corrected chi connectivity index (χ3v) is 6.92. The zero-order chi connectivity index (χ0) is 18.3. The van der Waals surface area contributed by atoms with Gasteiger partial charge in [-0.15, -0.1) is 11.6 Å². The number of hydrogen-bond donors (Lipinski definition) is 1. The summed E-state index contributed by atoms with van der Waals surface area (Å²) in [6.07, 6.45) is 8.63. The van der Waals surface area contributed by atoms with Crippen LogP contribution >= 0.6 is 11.6 Å². The van der Waals surface area contributed by atoms with Crippen LogP contribution in [0.25, 0.3) is 0 Å². The van der Waals surface area contributed by atoms with E-state index in [0.29, 0.717) is 18.8 Å². The Kier molecular flexibility index (Phi) is 5.53. The lowest BCUT2D eigenvalue weighted by molar-refractivity contribution is -0.170. The molecule has 1 amide bonds. The third-order valence-electron chi connectivity index (χ3n) is 6.53. The summed E-state index contributed by atoms with van der Waals surface area (Å²) < 4.78 is 29.3. The standard InChI is InChI=1S/C19H27ClF2N2O2/c20-13-3-6-15-16(10-13)23-17-12(7-8-24(17)18(15)25)9-11-1-4-14(5-2-11)26-19(21)22/h9,11,13-17,19,23H,1-8,10H2/b12-9+. The second kappa shape index (κ2) is 7.72. The highest BCUT2D eigenvalue weighted by Gasteiger charge is 2.47. The summed E-state index contributed by atoms with van der Waals surface area (Å²) in [6.45, 7) is -1.90. The van der Waals surface area contributed by atoms with E-state index in [2.05, 4.69) is 16.1 Å². The van der Waals surface area contributed by atoms with Gasteiger partial charge in [0, 0.05) is 18.0 Å². The first-order valence-electron chi connectivity index (χ1n) is 9.86. The number of hydrogen-bond acceptors (Lipinski definition) is 3. The first-order chi connectivity index (χ1) is 12.5. The number of fused-ring (bicyclic) bond motifs is 2. The van der Waals surface area contributed by atoms with Crippen molar-refractivity contribution < 1.29 is 18.3 Å². The summed E-state index contributed by atoms with van der Waals surface area (Å²) in [5.74, 6) is 0.742. The van der Waals surface area contributed by atoms with Gasteiger partial charge in [0.15, 0.2) is 0 Å². The highest BCUT2D eigenvalue weighted by Crippen LogP contribution is 2.38. The molecule has 0 spiro atoms. The smallest absolute Gasteiger partial charge is 0.323 e. The minimum atomic E-state index is -2.68. The molecule has 4 nitrogen and oxygen atoms in total. The molecular formula is C19H27ClF2N2O2. The maximum Gasteiger partial charge on any atom is 0.345 e. The minimum Gasteiger partial charge on any atom is -0.323 e. The fourth-order valence-corrected chi connectivity index (χ4v) is 5.50. The van der Waals surface area contributed by atoms with E-state index in [1.54, 1.807) is 0 Å². The highest BCUT2D eigenvalue weighted by atomic mass is 35.5. The van der Waals surface area contributed by atoms with Gasteiger partial charge in [0.2, 0.25) is 5.91 Å². The quantitative estimate of drug-likeness (QED) is 0.592. The Morgan fingerprint density at radius 2 is 1.96 bits per heavy atom. The van der Waals surface area contributed by atoms with Crippen LogP contribution in [0.15, 0.2) is 11.6 Å².